The fourth-order valence-electron chi connectivity index (χ4n) is 1.38. The van der Waals surface area contributed by atoms with Gasteiger partial charge in [0.05, 0.1) is 4.90 Å². The summed E-state index contributed by atoms with van der Waals surface area (Å²) in [4.78, 5) is 0.272. The number of hydrogen-bond donors (Lipinski definition) is 2. The normalized spacial score (nSPS) is 13.1. The smallest absolute Gasteiger partial charge is 0.240 e. The molecule has 0 amide bonds. The highest BCUT2D eigenvalue weighted by atomic mass is 32.2. The van der Waals surface area contributed by atoms with Gasteiger partial charge in [0, 0.05) is 34.9 Å². The first-order valence-electron chi connectivity index (χ1n) is 5.52. The van der Waals surface area contributed by atoms with E-state index in [2.05, 4.69) is 4.72 Å². The number of nitrogens with two attached hydrogens (primary N) is 1. The van der Waals surface area contributed by atoms with Crippen LogP contribution in [0.4, 0.5) is 0 Å². The molecular weight excluding hydrogens is 304 g/mol. The largest absolute Gasteiger partial charge is 0.389 e. The van der Waals surface area contributed by atoms with Gasteiger partial charge < -0.3 is 5.73 Å². The topological polar surface area (TPSA) is 89.3 Å². The Kier molecular flexibility index (Phi) is 6.05. The molecule has 106 valence electrons. The predicted molar refractivity (Wildman–Crippen MR) is 81.1 cm³/mol. The second-order valence-electron chi connectivity index (χ2n) is 3.92. The summed E-state index contributed by atoms with van der Waals surface area (Å²) in [5, 5.41) is 0. The average Bonchev–Trinajstić information content (AvgIpc) is 2.34. The molecule has 1 aromatic carbocycles. The van der Waals surface area contributed by atoms with Gasteiger partial charge in [0.25, 0.3) is 0 Å². The van der Waals surface area contributed by atoms with Gasteiger partial charge >= 0.3 is 0 Å². The monoisotopic (exact) mass is 320 g/mol. The maximum absolute atomic E-state index is 12.0. The second kappa shape index (κ2) is 7.09. The Morgan fingerprint density at radius 2 is 2.16 bits per heavy atom. The predicted octanol–water partition coefficient (Wildman–Crippen LogP) is 0.368. The Labute approximate surface area is 121 Å². The van der Waals surface area contributed by atoms with Crippen LogP contribution in [0.25, 0.3) is 0 Å². The van der Waals surface area contributed by atoms with Crippen molar-refractivity contribution in [1.82, 2.24) is 4.72 Å². The van der Waals surface area contributed by atoms with Crippen LogP contribution < -0.4 is 10.5 Å². The maximum Gasteiger partial charge on any atom is 0.240 e. The van der Waals surface area contributed by atoms with Crippen LogP contribution in [0, 0.1) is 0 Å². The number of thiocarbonyl (C=S) groups is 1. The number of benzene rings is 1. The van der Waals surface area contributed by atoms with Crippen LogP contribution in [0.3, 0.4) is 0 Å². The summed E-state index contributed by atoms with van der Waals surface area (Å²) in [6, 6.07) is 6.15. The molecule has 0 saturated heterocycles. The van der Waals surface area contributed by atoms with Crippen molar-refractivity contribution in [3.8, 4) is 0 Å². The summed E-state index contributed by atoms with van der Waals surface area (Å²) < 4.78 is 37.3. The molecule has 1 rings (SSSR count). The van der Waals surface area contributed by atoms with Crippen LogP contribution in [0.15, 0.2) is 29.2 Å². The molecule has 1 atom stereocenters. The fourth-order valence-corrected chi connectivity index (χ4v) is 3.18. The Morgan fingerprint density at radius 3 is 2.74 bits per heavy atom. The third-order valence-electron chi connectivity index (χ3n) is 2.33. The van der Waals surface area contributed by atoms with Gasteiger partial charge in [-0.15, -0.1) is 0 Å². The Balaban J connectivity index is 2.74. The van der Waals surface area contributed by atoms with Crippen LogP contribution in [0.5, 0.6) is 0 Å². The van der Waals surface area contributed by atoms with Crippen molar-refractivity contribution in [3.63, 3.8) is 0 Å². The molecule has 1 unspecified atom stereocenters. The van der Waals surface area contributed by atoms with Gasteiger partial charge in [0.1, 0.15) is 4.99 Å². The van der Waals surface area contributed by atoms with Gasteiger partial charge in [-0.3, -0.25) is 4.21 Å². The van der Waals surface area contributed by atoms with Crippen LogP contribution >= 0.6 is 12.2 Å². The van der Waals surface area contributed by atoms with E-state index in [1.807, 2.05) is 0 Å². The molecule has 0 spiro atoms. The van der Waals surface area contributed by atoms with Gasteiger partial charge in [0.2, 0.25) is 10.0 Å². The molecule has 0 aromatic heterocycles. The molecule has 0 aliphatic carbocycles. The van der Waals surface area contributed by atoms with Crippen molar-refractivity contribution in [3.05, 3.63) is 29.8 Å². The van der Waals surface area contributed by atoms with E-state index in [1.54, 1.807) is 18.4 Å². The molecule has 0 fully saturated rings. The van der Waals surface area contributed by atoms with E-state index in [9.17, 15) is 12.6 Å². The summed E-state index contributed by atoms with van der Waals surface area (Å²) >= 11 is 4.81. The van der Waals surface area contributed by atoms with E-state index in [4.69, 9.17) is 18.0 Å². The molecule has 0 saturated carbocycles. The zero-order chi connectivity index (χ0) is 14.5. The van der Waals surface area contributed by atoms with Crippen molar-refractivity contribution in [2.24, 2.45) is 5.73 Å². The standard InChI is InChI=1S/C11H16N2O3S3/c1-18(14)7-3-6-13-19(15,16)10-5-2-4-9(8-10)11(12)17/h2,4-5,8,13H,3,6-7H2,1H3,(H2,12,17). The molecule has 0 bridgehead atoms. The highest BCUT2D eigenvalue weighted by Crippen LogP contribution is 2.11. The number of rotatable bonds is 7. The maximum atomic E-state index is 12.0. The van der Waals surface area contributed by atoms with Gasteiger partial charge in [0.15, 0.2) is 0 Å². The van der Waals surface area contributed by atoms with E-state index < -0.39 is 20.8 Å². The highest BCUT2D eigenvalue weighted by molar-refractivity contribution is 7.89. The summed E-state index contributed by atoms with van der Waals surface area (Å²) in [7, 11) is -4.50. The van der Waals surface area contributed by atoms with Crippen molar-refractivity contribution >= 4 is 38.0 Å². The Morgan fingerprint density at radius 1 is 1.47 bits per heavy atom. The lowest BCUT2D eigenvalue weighted by atomic mass is 10.2. The molecule has 1 aromatic rings. The van der Waals surface area contributed by atoms with Crippen LogP contribution in [0.2, 0.25) is 0 Å². The molecule has 8 heteroatoms. The van der Waals surface area contributed by atoms with Crippen LogP contribution in [0.1, 0.15) is 12.0 Å². The molecule has 5 nitrogen and oxygen atoms in total. The third-order valence-corrected chi connectivity index (χ3v) is 4.89. The van der Waals surface area contributed by atoms with E-state index in [0.717, 1.165) is 0 Å². The van der Waals surface area contributed by atoms with Crippen molar-refractivity contribution in [2.75, 3.05) is 18.6 Å². The quantitative estimate of drug-likeness (QED) is 0.559. The summed E-state index contributed by atoms with van der Waals surface area (Å²) in [5.41, 5.74) is 5.97. The lowest BCUT2D eigenvalue weighted by Crippen LogP contribution is -2.26. The first kappa shape index (κ1) is 16.2. The minimum absolute atomic E-state index is 0.121. The van der Waals surface area contributed by atoms with E-state index >= 15 is 0 Å². The SMILES string of the molecule is CS(=O)CCCNS(=O)(=O)c1cccc(C(N)=S)c1. The van der Waals surface area contributed by atoms with Crippen molar-refractivity contribution in [2.45, 2.75) is 11.3 Å². The molecule has 0 aliphatic heterocycles. The minimum atomic E-state index is -3.58. The average molecular weight is 320 g/mol. The molecule has 3 N–H and O–H groups in total. The summed E-state index contributed by atoms with van der Waals surface area (Å²) in [5.74, 6) is 0.468. The van der Waals surface area contributed by atoms with Gasteiger partial charge in [-0.05, 0) is 18.6 Å². The third kappa shape index (κ3) is 5.35. The van der Waals surface area contributed by atoms with Crippen molar-refractivity contribution in [1.29, 1.82) is 0 Å². The molecular formula is C11H16N2O3S3. The van der Waals surface area contributed by atoms with Crippen LogP contribution in [-0.4, -0.2) is 36.2 Å². The van der Waals surface area contributed by atoms with Gasteiger partial charge in [-0.25, -0.2) is 13.1 Å². The Bertz CT molecular complexity index is 585. The molecule has 0 radical (unpaired) electrons. The lowest BCUT2D eigenvalue weighted by molar-refractivity contribution is 0.580. The first-order valence-corrected chi connectivity index (χ1v) is 9.14. The first-order chi connectivity index (χ1) is 8.83. The van der Waals surface area contributed by atoms with Crippen LogP contribution in [-0.2, 0) is 20.8 Å². The fraction of sp³-hybridized carbons (Fsp3) is 0.364. The van der Waals surface area contributed by atoms with E-state index in [0.29, 0.717) is 17.7 Å². The number of nitrogens with one attached hydrogen (secondary N) is 1. The second-order valence-corrected chi connectivity index (χ2v) is 7.68. The summed E-state index contributed by atoms with van der Waals surface area (Å²) in [6.45, 7) is 0.249. The molecule has 19 heavy (non-hydrogen) atoms. The summed E-state index contributed by atoms with van der Waals surface area (Å²) in [6.07, 6.45) is 2.11. The zero-order valence-corrected chi connectivity index (χ0v) is 12.9. The molecule has 0 heterocycles. The minimum Gasteiger partial charge on any atom is -0.389 e. The number of sulfonamides is 1. The lowest BCUT2D eigenvalue weighted by Gasteiger charge is -2.07. The Hall–Kier alpha value is -0.830. The van der Waals surface area contributed by atoms with Gasteiger partial charge in [-0.1, -0.05) is 24.4 Å². The van der Waals surface area contributed by atoms with Crippen molar-refractivity contribution < 1.29 is 12.6 Å². The van der Waals surface area contributed by atoms with E-state index in [-0.39, 0.29) is 16.4 Å². The zero-order valence-electron chi connectivity index (χ0n) is 10.5. The van der Waals surface area contributed by atoms with E-state index in [1.165, 1.54) is 12.1 Å². The molecule has 0 aliphatic rings. The van der Waals surface area contributed by atoms with Gasteiger partial charge in [-0.2, -0.15) is 0 Å². The highest BCUT2D eigenvalue weighted by Gasteiger charge is 2.14. The number of hydrogen-bond acceptors (Lipinski definition) is 4.